The van der Waals surface area contributed by atoms with Gasteiger partial charge >= 0.3 is 0 Å². The van der Waals surface area contributed by atoms with Gasteiger partial charge in [0.25, 0.3) is 11.8 Å². The topological polar surface area (TPSA) is 94.5 Å². The summed E-state index contributed by atoms with van der Waals surface area (Å²) in [6.07, 6.45) is 1.39. The summed E-state index contributed by atoms with van der Waals surface area (Å²) in [6, 6.07) is 19.9. The number of hydrogen-bond donors (Lipinski definition) is 2. The Morgan fingerprint density at radius 2 is 1.63 bits per heavy atom. The Hall–Kier alpha value is -4.66. The minimum absolute atomic E-state index is 0.217. The molecule has 0 fully saturated rings. The molecule has 2 amide bonds. The molecule has 178 valence electrons. The first-order chi connectivity index (χ1) is 17.0. The second-order valence-corrected chi connectivity index (χ2v) is 7.53. The van der Waals surface area contributed by atoms with Crippen LogP contribution in [0.3, 0.4) is 0 Å². The molecule has 4 aromatic rings. The highest BCUT2D eigenvalue weighted by Gasteiger charge is 2.17. The molecule has 0 aliphatic carbocycles. The van der Waals surface area contributed by atoms with Crippen LogP contribution in [0.4, 0.5) is 15.8 Å². The number of amides is 2. The predicted octanol–water partition coefficient (Wildman–Crippen LogP) is 4.60. The van der Waals surface area contributed by atoms with Crippen molar-refractivity contribution in [1.29, 1.82) is 0 Å². The zero-order valence-corrected chi connectivity index (χ0v) is 19.1. The number of halogens is 1. The van der Waals surface area contributed by atoms with Crippen molar-refractivity contribution in [3.63, 3.8) is 0 Å². The van der Waals surface area contributed by atoms with E-state index in [4.69, 9.17) is 9.47 Å². The highest BCUT2D eigenvalue weighted by atomic mass is 19.1. The van der Waals surface area contributed by atoms with Crippen LogP contribution < -0.4 is 20.1 Å². The molecule has 0 saturated carbocycles. The molecule has 0 aliphatic rings. The third kappa shape index (κ3) is 5.47. The molecule has 9 heteroatoms. The average molecular weight is 474 g/mol. The van der Waals surface area contributed by atoms with E-state index < -0.39 is 11.7 Å². The van der Waals surface area contributed by atoms with Gasteiger partial charge < -0.3 is 20.1 Å². The Labute approximate surface area is 201 Å². The molecule has 1 aromatic heterocycles. The second-order valence-electron chi connectivity index (χ2n) is 7.53. The van der Waals surface area contributed by atoms with Crippen molar-refractivity contribution in [3.8, 4) is 17.2 Å². The quantitative estimate of drug-likeness (QED) is 0.389. The molecule has 4 rings (SSSR count). The number of hydrogen-bond acceptors (Lipinski definition) is 5. The van der Waals surface area contributed by atoms with E-state index in [1.54, 1.807) is 73.7 Å². The Balaban J connectivity index is 1.40. The van der Waals surface area contributed by atoms with Gasteiger partial charge in [-0.3, -0.25) is 9.59 Å². The number of carbonyl (C=O) groups is 2. The Morgan fingerprint density at radius 3 is 2.37 bits per heavy atom. The van der Waals surface area contributed by atoms with Crippen LogP contribution in [0.15, 0.2) is 79.0 Å². The number of carbonyl (C=O) groups excluding carboxylic acids is 2. The minimum Gasteiger partial charge on any atom is -0.493 e. The molecule has 0 saturated heterocycles. The van der Waals surface area contributed by atoms with Gasteiger partial charge in [0.2, 0.25) is 0 Å². The molecular weight excluding hydrogens is 451 g/mol. The van der Waals surface area contributed by atoms with Crippen LogP contribution in [0.2, 0.25) is 0 Å². The van der Waals surface area contributed by atoms with Crippen molar-refractivity contribution in [2.75, 3.05) is 24.4 Å². The van der Waals surface area contributed by atoms with Crippen molar-refractivity contribution in [3.05, 3.63) is 96.1 Å². The summed E-state index contributed by atoms with van der Waals surface area (Å²) < 4.78 is 26.3. The van der Waals surface area contributed by atoms with Gasteiger partial charge in [0, 0.05) is 11.4 Å². The van der Waals surface area contributed by atoms with E-state index in [0.717, 1.165) is 0 Å². The highest BCUT2D eigenvalue weighted by Crippen LogP contribution is 2.26. The summed E-state index contributed by atoms with van der Waals surface area (Å²) in [4.78, 5) is 25.2. The van der Waals surface area contributed by atoms with E-state index in [1.165, 1.54) is 24.1 Å². The first-order valence-electron chi connectivity index (χ1n) is 10.7. The molecule has 8 nitrogen and oxygen atoms in total. The molecule has 0 aliphatic heterocycles. The van der Waals surface area contributed by atoms with E-state index in [2.05, 4.69) is 15.7 Å². The molecule has 0 atom stereocenters. The van der Waals surface area contributed by atoms with Crippen LogP contribution in [0.25, 0.3) is 5.69 Å². The number of methoxy groups -OCH3 is 1. The van der Waals surface area contributed by atoms with E-state index in [9.17, 15) is 14.0 Å². The zero-order valence-electron chi connectivity index (χ0n) is 19.1. The summed E-state index contributed by atoms with van der Waals surface area (Å²) in [5.74, 6) is -0.241. The van der Waals surface area contributed by atoms with Crippen LogP contribution >= 0.6 is 0 Å². The third-order valence-electron chi connectivity index (χ3n) is 5.17. The summed E-state index contributed by atoms with van der Waals surface area (Å²) in [6.45, 7) is 1.47. The molecular formula is C26H23FN4O4. The number of nitrogens with one attached hydrogen (secondary N) is 2. The van der Waals surface area contributed by atoms with E-state index in [-0.39, 0.29) is 18.2 Å². The van der Waals surface area contributed by atoms with E-state index in [1.807, 2.05) is 0 Å². The van der Waals surface area contributed by atoms with Crippen LogP contribution in [0, 0.1) is 12.7 Å². The smallest absolute Gasteiger partial charge is 0.262 e. The summed E-state index contributed by atoms with van der Waals surface area (Å²) in [5.41, 5.74) is 1.99. The molecule has 3 aromatic carbocycles. The van der Waals surface area contributed by atoms with E-state index >= 15 is 0 Å². The fourth-order valence-corrected chi connectivity index (χ4v) is 3.45. The SMILES string of the molecule is COc1ccccc1OCC(=O)Nc1cccc(NC(=O)c2cnn(-c3ccccc3F)c2C)c1. The van der Waals surface area contributed by atoms with Crippen molar-refractivity contribution < 1.29 is 23.5 Å². The first kappa shape index (κ1) is 23.5. The normalized spacial score (nSPS) is 10.5. The number of benzene rings is 3. The van der Waals surface area contributed by atoms with Crippen LogP contribution in [0.1, 0.15) is 16.1 Å². The molecule has 0 bridgehead atoms. The number of nitrogens with zero attached hydrogens (tertiary/aromatic N) is 2. The largest absolute Gasteiger partial charge is 0.493 e. The van der Waals surface area contributed by atoms with Gasteiger partial charge in [0.15, 0.2) is 18.1 Å². The van der Waals surface area contributed by atoms with Crippen molar-refractivity contribution in [2.24, 2.45) is 0 Å². The lowest BCUT2D eigenvalue weighted by Gasteiger charge is -2.11. The zero-order chi connectivity index (χ0) is 24.8. The monoisotopic (exact) mass is 474 g/mol. The molecule has 2 N–H and O–H groups in total. The standard InChI is InChI=1S/C26H23FN4O4/c1-17-20(15-28-31(17)22-11-4-3-10-21(22)27)26(33)30-19-9-7-8-18(14-19)29-25(32)16-35-24-13-6-5-12-23(24)34-2/h3-15H,16H2,1-2H3,(H,29,32)(H,30,33). The van der Waals surface area contributed by atoms with Crippen LogP contribution in [0.5, 0.6) is 11.5 Å². The Morgan fingerprint density at radius 1 is 0.943 bits per heavy atom. The lowest BCUT2D eigenvalue weighted by atomic mass is 10.2. The number of para-hydroxylation sites is 3. The van der Waals surface area contributed by atoms with Crippen molar-refractivity contribution >= 4 is 23.2 Å². The van der Waals surface area contributed by atoms with Gasteiger partial charge in [0.05, 0.1) is 24.6 Å². The molecule has 1 heterocycles. The fourth-order valence-electron chi connectivity index (χ4n) is 3.45. The summed E-state index contributed by atoms with van der Waals surface area (Å²) in [7, 11) is 1.52. The van der Waals surface area contributed by atoms with Crippen LogP contribution in [-0.4, -0.2) is 35.3 Å². The first-order valence-corrected chi connectivity index (χ1v) is 10.7. The maximum absolute atomic E-state index is 14.1. The van der Waals surface area contributed by atoms with Gasteiger partial charge in [-0.15, -0.1) is 0 Å². The van der Waals surface area contributed by atoms with Crippen molar-refractivity contribution in [2.45, 2.75) is 6.92 Å². The van der Waals surface area contributed by atoms with Gasteiger partial charge in [-0.25, -0.2) is 9.07 Å². The number of aromatic nitrogens is 2. The minimum atomic E-state index is -0.441. The summed E-state index contributed by atoms with van der Waals surface area (Å²) >= 11 is 0. The maximum Gasteiger partial charge on any atom is 0.262 e. The average Bonchev–Trinajstić information content (AvgIpc) is 3.24. The second kappa shape index (κ2) is 10.5. The number of rotatable bonds is 8. The number of anilines is 2. The van der Waals surface area contributed by atoms with E-state index in [0.29, 0.717) is 34.1 Å². The highest BCUT2D eigenvalue weighted by molar-refractivity contribution is 6.05. The predicted molar refractivity (Wildman–Crippen MR) is 130 cm³/mol. The summed E-state index contributed by atoms with van der Waals surface area (Å²) in [5, 5.41) is 9.67. The Kier molecular flexibility index (Phi) is 7.06. The van der Waals surface area contributed by atoms with Gasteiger partial charge in [-0.05, 0) is 49.4 Å². The molecule has 0 radical (unpaired) electrons. The fraction of sp³-hybridized carbons (Fsp3) is 0.115. The van der Waals surface area contributed by atoms with Crippen molar-refractivity contribution in [1.82, 2.24) is 9.78 Å². The maximum atomic E-state index is 14.1. The Bertz CT molecular complexity index is 1370. The lowest BCUT2D eigenvalue weighted by Crippen LogP contribution is -2.20. The third-order valence-corrected chi connectivity index (χ3v) is 5.17. The number of ether oxygens (including phenoxy) is 2. The van der Waals surface area contributed by atoms with Gasteiger partial charge in [-0.1, -0.05) is 30.3 Å². The molecule has 0 spiro atoms. The van der Waals surface area contributed by atoms with Gasteiger partial charge in [0.1, 0.15) is 11.5 Å². The van der Waals surface area contributed by atoms with Gasteiger partial charge in [-0.2, -0.15) is 5.10 Å². The molecule has 35 heavy (non-hydrogen) atoms. The lowest BCUT2D eigenvalue weighted by molar-refractivity contribution is -0.118. The van der Waals surface area contributed by atoms with Crippen LogP contribution in [-0.2, 0) is 4.79 Å². The molecule has 0 unspecified atom stereocenters.